The molecule has 1 aromatic carbocycles. The van der Waals surface area contributed by atoms with Gasteiger partial charge >= 0.3 is 0 Å². The van der Waals surface area contributed by atoms with Gasteiger partial charge in [0.2, 0.25) is 0 Å². The number of hydrogen-bond donors (Lipinski definition) is 1. The van der Waals surface area contributed by atoms with Gasteiger partial charge in [-0.3, -0.25) is 4.90 Å². The van der Waals surface area contributed by atoms with Crippen LogP contribution in [0.3, 0.4) is 0 Å². The van der Waals surface area contributed by atoms with Crippen molar-refractivity contribution in [1.82, 2.24) is 10.2 Å². The highest BCUT2D eigenvalue weighted by Gasteiger charge is 2.38. The lowest BCUT2D eigenvalue weighted by molar-refractivity contribution is -0.0358. The van der Waals surface area contributed by atoms with Crippen LogP contribution in [0.2, 0.25) is 0 Å². The Bertz CT molecular complexity index is 532. The summed E-state index contributed by atoms with van der Waals surface area (Å²) in [6.45, 7) is 4.76. The van der Waals surface area contributed by atoms with Crippen LogP contribution in [0.5, 0.6) is 0 Å². The SMILES string of the molecule is Fc1cc(CNCC2(N3CCCCC3)CCOCC2)cc(F)c1F. The lowest BCUT2D eigenvalue weighted by Gasteiger charge is -2.48. The fourth-order valence-electron chi connectivity index (χ4n) is 3.87. The Hall–Kier alpha value is -1.11. The normalized spacial score (nSPS) is 21.8. The molecule has 0 saturated carbocycles. The molecule has 0 bridgehead atoms. The van der Waals surface area contributed by atoms with Gasteiger partial charge in [-0.2, -0.15) is 0 Å². The van der Waals surface area contributed by atoms with E-state index < -0.39 is 17.5 Å². The molecule has 3 nitrogen and oxygen atoms in total. The number of nitrogens with zero attached hydrogens (tertiary/aromatic N) is 1. The zero-order chi connectivity index (χ0) is 17.0. The Labute approximate surface area is 141 Å². The molecule has 0 atom stereocenters. The molecule has 2 heterocycles. The first-order valence-corrected chi connectivity index (χ1v) is 8.78. The number of benzene rings is 1. The standard InChI is InChI=1S/C18H25F3N2O/c19-15-10-14(11-16(20)17(15)21)12-22-13-18(4-8-24-9-5-18)23-6-2-1-3-7-23/h10-11,22H,1-9,12-13H2. The number of likely N-dealkylation sites (tertiary alicyclic amines) is 1. The summed E-state index contributed by atoms with van der Waals surface area (Å²) in [6.07, 6.45) is 5.65. The maximum Gasteiger partial charge on any atom is 0.194 e. The van der Waals surface area contributed by atoms with Gasteiger partial charge in [0.25, 0.3) is 0 Å². The van der Waals surface area contributed by atoms with Crippen LogP contribution in [0.4, 0.5) is 13.2 Å². The lowest BCUT2D eigenvalue weighted by Crippen LogP contribution is -2.59. The van der Waals surface area contributed by atoms with Crippen LogP contribution in [0.25, 0.3) is 0 Å². The summed E-state index contributed by atoms with van der Waals surface area (Å²) in [5, 5.41) is 3.33. The van der Waals surface area contributed by atoms with Gasteiger partial charge in [-0.15, -0.1) is 0 Å². The van der Waals surface area contributed by atoms with Crippen LogP contribution in [0, 0.1) is 17.5 Å². The summed E-state index contributed by atoms with van der Waals surface area (Å²) in [6, 6.07) is 2.12. The Morgan fingerprint density at radius 1 is 1.00 bits per heavy atom. The zero-order valence-electron chi connectivity index (χ0n) is 13.9. The molecule has 2 aliphatic heterocycles. The summed E-state index contributed by atoms with van der Waals surface area (Å²) < 4.78 is 45.2. The number of hydrogen-bond acceptors (Lipinski definition) is 3. The van der Waals surface area contributed by atoms with Gasteiger partial charge in [0.05, 0.1) is 0 Å². The molecule has 1 N–H and O–H groups in total. The molecule has 0 radical (unpaired) electrons. The van der Waals surface area contributed by atoms with E-state index in [9.17, 15) is 13.2 Å². The van der Waals surface area contributed by atoms with Crippen LogP contribution in [0.15, 0.2) is 12.1 Å². The summed E-state index contributed by atoms with van der Waals surface area (Å²) >= 11 is 0. The molecule has 0 aromatic heterocycles. The second-order valence-electron chi connectivity index (χ2n) is 6.86. The smallest absolute Gasteiger partial charge is 0.194 e. The van der Waals surface area contributed by atoms with E-state index in [4.69, 9.17) is 4.74 Å². The molecule has 3 rings (SSSR count). The fourth-order valence-corrected chi connectivity index (χ4v) is 3.87. The molecule has 2 fully saturated rings. The molecule has 2 aliphatic rings. The molecular weight excluding hydrogens is 317 g/mol. The van der Waals surface area contributed by atoms with Crippen molar-refractivity contribution < 1.29 is 17.9 Å². The van der Waals surface area contributed by atoms with Gasteiger partial charge in [-0.05, 0) is 56.5 Å². The Balaban J connectivity index is 1.63. The van der Waals surface area contributed by atoms with Crippen LogP contribution < -0.4 is 5.32 Å². The minimum atomic E-state index is -1.41. The molecule has 0 aliphatic carbocycles. The van der Waals surface area contributed by atoms with Crippen molar-refractivity contribution >= 4 is 0 Å². The van der Waals surface area contributed by atoms with Crippen molar-refractivity contribution in [2.45, 2.75) is 44.2 Å². The number of nitrogens with one attached hydrogen (secondary N) is 1. The highest BCUT2D eigenvalue weighted by atomic mass is 19.2. The van der Waals surface area contributed by atoms with E-state index in [1.165, 1.54) is 19.3 Å². The molecule has 0 unspecified atom stereocenters. The van der Waals surface area contributed by atoms with E-state index in [0.717, 1.165) is 57.8 Å². The first kappa shape index (κ1) is 17.7. The predicted octanol–water partition coefficient (Wildman–Crippen LogP) is 3.23. The van der Waals surface area contributed by atoms with Crippen LogP contribution >= 0.6 is 0 Å². The van der Waals surface area contributed by atoms with E-state index in [1.807, 2.05) is 0 Å². The lowest BCUT2D eigenvalue weighted by atomic mass is 9.86. The van der Waals surface area contributed by atoms with Crippen LogP contribution in [-0.2, 0) is 11.3 Å². The largest absolute Gasteiger partial charge is 0.381 e. The predicted molar refractivity (Wildman–Crippen MR) is 86.2 cm³/mol. The number of ether oxygens (including phenoxy) is 1. The fraction of sp³-hybridized carbons (Fsp3) is 0.667. The summed E-state index contributed by atoms with van der Waals surface area (Å²) in [7, 11) is 0. The van der Waals surface area contributed by atoms with Gasteiger partial charge in [0.1, 0.15) is 0 Å². The molecule has 134 valence electrons. The summed E-state index contributed by atoms with van der Waals surface area (Å²) in [5.41, 5.74) is 0.475. The molecule has 0 spiro atoms. The maximum atomic E-state index is 13.3. The van der Waals surface area contributed by atoms with E-state index >= 15 is 0 Å². The molecule has 1 aromatic rings. The van der Waals surface area contributed by atoms with E-state index in [2.05, 4.69) is 10.2 Å². The van der Waals surface area contributed by atoms with Crippen molar-refractivity contribution in [2.24, 2.45) is 0 Å². The van der Waals surface area contributed by atoms with Crippen LogP contribution in [-0.4, -0.2) is 43.3 Å². The third-order valence-corrected chi connectivity index (χ3v) is 5.28. The van der Waals surface area contributed by atoms with Crippen molar-refractivity contribution in [3.8, 4) is 0 Å². The van der Waals surface area contributed by atoms with Gasteiger partial charge in [0.15, 0.2) is 17.5 Å². The molecule has 2 saturated heterocycles. The monoisotopic (exact) mass is 342 g/mol. The number of halogens is 3. The molecule has 24 heavy (non-hydrogen) atoms. The minimum absolute atomic E-state index is 0.0514. The van der Waals surface area contributed by atoms with Crippen molar-refractivity contribution in [3.63, 3.8) is 0 Å². The first-order valence-electron chi connectivity index (χ1n) is 8.78. The highest BCUT2D eigenvalue weighted by Crippen LogP contribution is 2.30. The van der Waals surface area contributed by atoms with Gasteiger partial charge in [-0.1, -0.05) is 6.42 Å². The van der Waals surface area contributed by atoms with E-state index in [1.54, 1.807) is 0 Å². The highest BCUT2D eigenvalue weighted by molar-refractivity contribution is 5.19. The van der Waals surface area contributed by atoms with E-state index in [-0.39, 0.29) is 5.54 Å². The van der Waals surface area contributed by atoms with Crippen LogP contribution in [0.1, 0.15) is 37.7 Å². The van der Waals surface area contributed by atoms with Gasteiger partial charge in [0, 0.05) is 31.8 Å². The number of piperidine rings is 1. The first-order chi connectivity index (χ1) is 11.6. The molecule has 0 amide bonds. The third-order valence-electron chi connectivity index (χ3n) is 5.28. The van der Waals surface area contributed by atoms with Crippen molar-refractivity contribution in [1.29, 1.82) is 0 Å². The van der Waals surface area contributed by atoms with Crippen molar-refractivity contribution in [3.05, 3.63) is 35.1 Å². The van der Waals surface area contributed by atoms with Gasteiger partial charge < -0.3 is 10.1 Å². The topological polar surface area (TPSA) is 24.5 Å². The third kappa shape index (κ3) is 3.92. The Morgan fingerprint density at radius 3 is 2.25 bits per heavy atom. The number of rotatable bonds is 5. The summed E-state index contributed by atoms with van der Waals surface area (Å²) in [5.74, 6) is -3.68. The minimum Gasteiger partial charge on any atom is -0.381 e. The quantitative estimate of drug-likeness (QED) is 0.832. The van der Waals surface area contributed by atoms with E-state index in [0.29, 0.717) is 12.1 Å². The average Bonchev–Trinajstić information content (AvgIpc) is 2.61. The van der Waals surface area contributed by atoms with Gasteiger partial charge in [-0.25, -0.2) is 13.2 Å². The second-order valence-corrected chi connectivity index (χ2v) is 6.86. The average molecular weight is 342 g/mol. The maximum absolute atomic E-state index is 13.3. The molecule has 6 heteroatoms. The van der Waals surface area contributed by atoms with Crippen molar-refractivity contribution in [2.75, 3.05) is 32.8 Å². The zero-order valence-corrected chi connectivity index (χ0v) is 13.9. The Kier molecular flexibility index (Phi) is 5.79. The molecular formula is C18H25F3N2O. The summed E-state index contributed by atoms with van der Waals surface area (Å²) in [4.78, 5) is 2.55. The Morgan fingerprint density at radius 2 is 1.62 bits per heavy atom. The second kappa shape index (κ2) is 7.85.